The molecule has 0 atom stereocenters. The summed E-state index contributed by atoms with van der Waals surface area (Å²) < 4.78 is 32.0. The summed E-state index contributed by atoms with van der Waals surface area (Å²) >= 11 is 0. The molecule has 0 aliphatic carbocycles. The number of rotatable bonds is 6. The van der Waals surface area contributed by atoms with Crippen LogP contribution in [-0.2, 0) is 14.8 Å². The van der Waals surface area contributed by atoms with Gasteiger partial charge in [-0.15, -0.1) is 0 Å². The first-order valence-corrected chi connectivity index (χ1v) is 10.6. The summed E-state index contributed by atoms with van der Waals surface area (Å²) in [5.74, 6) is 0. The molecule has 1 aliphatic rings. The summed E-state index contributed by atoms with van der Waals surface area (Å²) in [4.78, 5) is 13.9. The number of nitrogens with one attached hydrogen (secondary N) is 2. The van der Waals surface area contributed by atoms with Crippen LogP contribution >= 0.6 is 0 Å². The van der Waals surface area contributed by atoms with Gasteiger partial charge in [-0.2, -0.15) is 9.41 Å². The summed E-state index contributed by atoms with van der Waals surface area (Å²) in [7, 11) is -3.84. The second kappa shape index (κ2) is 8.22. The van der Waals surface area contributed by atoms with Gasteiger partial charge in [0.1, 0.15) is 5.69 Å². The van der Waals surface area contributed by atoms with E-state index in [2.05, 4.69) is 15.5 Å². The van der Waals surface area contributed by atoms with E-state index in [4.69, 9.17) is 4.74 Å². The third-order valence-electron chi connectivity index (χ3n) is 4.78. The summed E-state index contributed by atoms with van der Waals surface area (Å²) in [6.45, 7) is 1.02. The van der Waals surface area contributed by atoms with Crippen molar-refractivity contribution < 1.29 is 18.1 Å². The average Bonchev–Trinajstić information content (AvgIpc) is 3.17. The molecule has 0 amide bonds. The van der Waals surface area contributed by atoms with Gasteiger partial charge in [-0.05, 0) is 18.2 Å². The van der Waals surface area contributed by atoms with Crippen LogP contribution in [0.3, 0.4) is 0 Å². The molecule has 1 aromatic heterocycles. The van der Waals surface area contributed by atoms with Crippen molar-refractivity contribution in [1.82, 2.24) is 9.29 Å². The molecule has 30 heavy (non-hydrogen) atoms. The fourth-order valence-electron chi connectivity index (χ4n) is 3.23. The number of fused-ring (bicyclic) bond motifs is 1. The smallest absolute Gasteiger partial charge is 0.295 e. The molecule has 156 valence electrons. The third-order valence-corrected chi connectivity index (χ3v) is 6.68. The van der Waals surface area contributed by atoms with Gasteiger partial charge >= 0.3 is 0 Å². The summed E-state index contributed by atoms with van der Waals surface area (Å²) in [5.41, 5.74) is 4.12. The van der Waals surface area contributed by atoms with E-state index in [-0.39, 0.29) is 29.4 Å². The molecule has 0 bridgehead atoms. The maximum absolute atomic E-state index is 12.8. The Hall–Kier alpha value is -3.28. The van der Waals surface area contributed by atoms with E-state index in [0.29, 0.717) is 13.2 Å². The van der Waals surface area contributed by atoms with Crippen LogP contribution in [0.5, 0.6) is 0 Å². The van der Waals surface area contributed by atoms with Crippen molar-refractivity contribution in [3.63, 3.8) is 0 Å². The number of hydrogen-bond acceptors (Lipinski definition) is 7. The molecule has 0 saturated carbocycles. The number of aromatic amines is 1. The second-order valence-electron chi connectivity index (χ2n) is 6.61. The number of anilines is 1. The molecular formula is C19H19N5O5S. The SMILES string of the molecule is O=[N+]([O-])c1cc(S(=O)(=O)N2CCOCC2)ccc1NN=Cc1c[nH]c2ccccc12. The van der Waals surface area contributed by atoms with E-state index in [1.165, 1.54) is 16.4 Å². The number of ether oxygens (including phenoxy) is 1. The van der Waals surface area contributed by atoms with Crippen molar-refractivity contribution >= 4 is 38.5 Å². The number of morpholine rings is 1. The highest BCUT2D eigenvalue weighted by molar-refractivity contribution is 7.89. The van der Waals surface area contributed by atoms with Crippen LogP contribution in [0.4, 0.5) is 11.4 Å². The fraction of sp³-hybridized carbons (Fsp3) is 0.211. The Kier molecular flexibility index (Phi) is 5.48. The molecule has 3 aromatic rings. The lowest BCUT2D eigenvalue weighted by Gasteiger charge is -2.26. The number of nitro benzene ring substituents is 1. The highest BCUT2D eigenvalue weighted by atomic mass is 32.2. The molecule has 1 saturated heterocycles. The number of hydrazone groups is 1. The van der Waals surface area contributed by atoms with Gasteiger partial charge in [0.15, 0.2) is 0 Å². The topological polar surface area (TPSA) is 130 Å². The molecule has 0 unspecified atom stereocenters. The van der Waals surface area contributed by atoms with Crippen molar-refractivity contribution in [1.29, 1.82) is 0 Å². The molecule has 2 aromatic carbocycles. The number of hydrogen-bond donors (Lipinski definition) is 2. The van der Waals surface area contributed by atoms with Crippen molar-refractivity contribution in [3.8, 4) is 0 Å². The van der Waals surface area contributed by atoms with Crippen LogP contribution in [0.25, 0.3) is 10.9 Å². The van der Waals surface area contributed by atoms with E-state index >= 15 is 0 Å². The number of H-pyrrole nitrogens is 1. The molecule has 1 fully saturated rings. The highest BCUT2D eigenvalue weighted by Crippen LogP contribution is 2.29. The van der Waals surface area contributed by atoms with Gasteiger partial charge in [-0.1, -0.05) is 18.2 Å². The molecule has 0 radical (unpaired) electrons. The first-order valence-electron chi connectivity index (χ1n) is 9.18. The number of nitro groups is 1. The Bertz CT molecular complexity index is 1220. The normalized spacial score (nSPS) is 15.6. The number of para-hydroxylation sites is 1. The van der Waals surface area contributed by atoms with Crippen LogP contribution in [0, 0.1) is 10.1 Å². The Morgan fingerprint density at radius 2 is 1.97 bits per heavy atom. The van der Waals surface area contributed by atoms with Crippen LogP contribution in [0.15, 0.2) is 58.7 Å². The summed E-state index contributed by atoms with van der Waals surface area (Å²) in [5, 5.41) is 16.6. The zero-order valence-corrected chi connectivity index (χ0v) is 16.6. The predicted octanol–water partition coefficient (Wildman–Crippen LogP) is 2.54. The van der Waals surface area contributed by atoms with E-state index in [1.54, 1.807) is 12.4 Å². The van der Waals surface area contributed by atoms with Crippen LogP contribution in [0.2, 0.25) is 0 Å². The predicted molar refractivity (Wildman–Crippen MR) is 112 cm³/mol. The average molecular weight is 429 g/mol. The minimum Gasteiger partial charge on any atom is -0.379 e. The van der Waals surface area contributed by atoms with Gasteiger partial charge in [-0.3, -0.25) is 15.5 Å². The van der Waals surface area contributed by atoms with Gasteiger partial charge in [0.2, 0.25) is 10.0 Å². The fourth-order valence-corrected chi connectivity index (χ4v) is 4.65. The molecular weight excluding hydrogens is 410 g/mol. The van der Waals surface area contributed by atoms with Crippen LogP contribution in [0.1, 0.15) is 5.56 Å². The largest absolute Gasteiger partial charge is 0.379 e. The second-order valence-corrected chi connectivity index (χ2v) is 8.55. The van der Waals surface area contributed by atoms with Crippen molar-refractivity contribution in [2.75, 3.05) is 31.7 Å². The maximum atomic E-state index is 12.8. The standard InChI is InChI=1S/C19H19N5O5S/c25-24(26)19-11-15(30(27,28)23-7-9-29-10-8-23)5-6-18(19)22-21-13-14-12-20-17-4-2-1-3-16(14)17/h1-6,11-13,20,22H,7-10H2. The van der Waals surface area contributed by atoms with E-state index < -0.39 is 14.9 Å². The Labute approximate surface area is 172 Å². The molecule has 0 spiro atoms. The molecule has 2 N–H and O–H groups in total. The quantitative estimate of drug-likeness (QED) is 0.352. The summed E-state index contributed by atoms with van der Waals surface area (Å²) in [6.07, 6.45) is 3.32. The lowest BCUT2D eigenvalue weighted by atomic mass is 10.2. The van der Waals surface area contributed by atoms with Gasteiger partial charge < -0.3 is 9.72 Å². The lowest BCUT2D eigenvalue weighted by Crippen LogP contribution is -2.40. The molecule has 11 heteroatoms. The van der Waals surface area contributed by atoms with Crippen LogP contribution < -0.4 is 5.43 Å². The van der Waals surface area contributed by atoms with Crippen molar-refractivity contribution in [2.45, 2.75) is 4.90 Å². The van der Waals surface area contributed by atoms with Gasteiger partial charge in [-0.25, -0.2) is 8.42 Å². The Morgan fingerprint density at radius 1 is 1.20 bits per heavy atom. The lowest BCUT2D eigenvalue weighted by molar-refractivity contribution is -0.384. The molecule has 10 nitrogen and oxygen atoms in total. The van der Waals surface area contributed by atoms with E-state index in [1.807, 2.05) is 24.3 Å². The number of aromatic nitrogens is 1. The zero-order chi connectivity index (χ0) is 21.1. The molecule has 1 aliphatic heterocycles. The maximum Gasteiger partial charge on any atom is 0.295 e. The first kappa shape index (κ1) is 20.0. The molecule has 4 rings (SSSR count). The van der Waals surface area contributed by atoms with E-state index in [0.717, 1.165) is 22.5 Å². The first-order chi connectivity index (χ1) is 14.5. The minimum absolute atomic E-state index is 0.0945. The Morgan fingerprint density at radius 3 is 2.73 bits per heavy atom. The number of sulfonamides is 1. The van der Waals surface area contributed by atoms with Crippen molar-refractivity contribution in [3.05, 3.63) is 64.3 Å². The Balaban J connectivity index is 1.58. The third kappa shape index (κ3) is 3.90. The summed E-state index contributed by atoms with van der Waals surface area (Å²) in [6, 6.07) is 11.4. The molecule has 2 heterocycles. The van der Waals surface area contributed by atoms with Gasteiger partial charge in [0.05, 0.1) is 29.2 Å². The van der Waals surface area contributed by atoms with Gasteiger partial charge in [0.25, 0.3) is 5.69 Å². The van der Waals surface area contributed by atoms with E-state index in [9.17, 15) is 18.5 Å². The number of benzene rings is 2. The zero-order valence-electron chi connectivity index (χ0n) is 15.8. The van der Waals surface area contributed by atoms with Crippen molar-refractivity contribution in [2.24, 2.45) is 5.10 Å². The monoisotopic (exact) mass is 429 g/mol. The highest BCUT2D eigenvalue weighted by Gasteiger charge is 2.28. The van der Waals surface area contributed by atoms with Crippen LogP contribution in [-0.4, -0.2) is 55.1 Å². The minimum atomic E-state index is -3.84. The van der Waals surface area contributed by atoms with Gasteiger partial charge in [0, 0.05) is 41.8 Å². The number of nitrogens with zero attached hydrogens (tertiary/aromatic N) is 3.